The second-order valence-corrected chi connectivity index (χ2v) is 9.55. The second kappa shape index (κ2) is 7.74. The van der Waals surface area contributed by atoms with Gasteiger partial charge in [-0.05, 0) is 36.3 Å². The Morgan fingerprint density at radius 3 is 2.62 bits per heavy atom. The molecule has 6 heteroatoms. The summed E-state index contributed by atoms with van der Waals surface area (Å²) in [5, 5.41) is 0. The number of allylic oxidation sites excluding steroid dienone is 1. The van der Waals surface area contributed by atoms with Crippen LogP contribution in [0.1, 0.15) is 37.7 Å². The number of Topliss-reactive ketones (excluding diaryl/α,β-unsaturated/α-hetero) is 1. The summed E-state index contributed by atoms with van der Waals surface area (Å²) in [5.74, 6) is 0.0987. The van der Waals surface area contributed by atoms with E-state index in [0.717, 1.165) is 24.0 Å². The number of nitrogens with zero attached hydrogens (tertiary/aromatic N) is 1. The standard InChI is InChI=1S/C20H25NO4S/c1-26(24,25)14-15-6-5-11-21(13-15)20(23)12-18-17(9-10-19(18)22)16-7-3-2-4-8-16/h2-4,7-8,15H,5-6,9-14H2,1H3/t15-/m0/s1. The van der Waals surface area contributed by atoms with E-state index in [1.807, 2.05) is 30.3 Å². The smallest absolute Gasteiger partial charge is 0.227 e. The number of sulfone groups is 1. The van der Waals surface area contributed by atoms with Crippen molar-refractivity contribution < 1.29 is 18.0 Å². The van der Waals surface area contributed by atoms with E-state index in [0.29, 0.717) is 31.5 Å². The highest BCUT2D eigenvalue weighted by atomic mass is 32.2. The molecule has 1 atom stereocenters. The molecule has 2 aliphatic rings. The molecule has 5 nitrogen and oxygen atoms in total. The number of likely N-dealkylation sites (tertiary alicyclic amines) is 1. The predicted octanol–water partition coefficient (Wildman–Crippen LogP) is 2.48. The Bertz CT molecular complexity index is 827. The summed E-state index contributed by atoms with van der Waals surface area (Å²) in [7, 11) is -3.05. The van der Waals surface area contributed by atoms with Crippen LogP contribution in [0.15, 0.2) is 35.9 Å². The van der Waals surface area contributed by atoms with Crippen molar-refractivity contribution in [2.24, 2.45) is 5.92 Å². The van der Waals surface area contributed by atoms with Crippen molar-refractivity contribution in [1.82, 2.24) is 4.90 Å². The van der Waals surface area contributed by atoms with Crippen LogP contribution in [0.4, 0.5) is 0 Å². The molecule has 1 amide bonds. The molecule has 1 aliphatic carbocycles. The first kappa shape index (κ1) is 18.8. The maximum Gasteiger partial charge on any atom is 0.227 e. The molecule has 0 N–H and O–H groups in total. The fourth-order valence-corrected chi connectivity index (χ4v) is 5.12. The van der Waals surface area contributed by atoms with E-state index in [2.05, 4.69) is 0 Å². The van der Waals surface area contributed by atoms with Crippen molar-refractivity contribution in [3.05, 3.63) is 41.5 Å². The van der Waals surface area contributed by atoms with Gasteiger partial charge in [0, 0.05) is 31.3 Å². The summed E-state index contributed by atoms with van der Waals surface area (Å²) in [6.07, 6.45) is 4.14. The van der Waals surface area contributed by atoms with Gasteiger partial charge < -0.3 is 4.90 Å². The van der Waals surface area contributed by atoms with E-state index >= 15 is 0 Å². The monoisotopic (exact) mass is 375 g/mol. The zero-order valence-corrected chi connectivity index (χ0v) is 15.9. The lowest BCUT2D eigenvalue weighted by molar-refractivity contribution is -0.132. The highest BCUT2D eigenvalue weighted by Crippen LogP contribution is 2.34. The van der Waals surface area contributed by atoms with Gasteiger partial charge in [0.2, 0.25) is 5.91 Å². The Kier molecular flexibility index (Phi) is 5.61. The van der Waals surface area contributed by atoms with Crippen molar-refractivity contribution >= 4 is 27.1 Å². The van der Waals surface area contributed by atoms with Gasteiger partial charge in [-0.15, -0.1) is 0 Å². The van der Waals surface area contributed by atoms with Crippen molar-refractivity contribution in [2.75, 3.05) is 25.1 Å². The Hall–Kier alpha value is -1.95. The average molecular weight is 375 g/mol. The van der Waals surface area contributed by atoms with Gasteiger partial charge in [0.05, 0.1) is 12.2 Å². The molecular weight excluding hydrogens is 350 g/mol. The number of carbonyl (C=O) groups excluding carboxylic acids is 2. The molecule has 3 rings (SSSR count). The molecule has 1 aromatic rings. The zero-order chi connectivity index (χ0) is 18.7. The highest BCUT2D eigenvalue weighted by molar-refractivity contribution is 7.90. The number of hydrogen-bond acceptors (Lipinski definition) is 4. The van der Waals surface area contributed by atoms with Gasteiger partial charge in [-0.2, -0.15) is 0 Å². The number of piperidine rings is 1. The molecule has 1 heterocycles. The first-order chi connectivity index (χ1) is 12.3. The largest absolute Gasteiger partial charge is 0.342 e. The van der Waals surface area contributed by atoms with Crippen LogP contribution >= 0.6 is 0 Å². The molecule has 1 fully saturated rings. The lowest BCUT2D eigenvalue weighted by Gasteiger charge is -2.32. The maximum atomic E-state index is 12.8. The fourth-order valence-electron chi connectivity index (χ4n) is 3.99. The number of amides is 1. The summed E-state index contributed by atoms with van der Waals surface area (Å²) in [5.41, 5.74) is 2.62. The Morgan fingerprint density at radius 2 is 1.92 bits per heavy atom. The van der Waals surface area contributed by atoms with E-state index in [4.69, 9.17) is 0 Å². The van der Waals surface area contributed by atoms with E-state index in [1.54, 1.807) is 4.90 Å². The van der Waals surface area contributed by atoms with Crippen LogP contribution < -0.4 is 0 Å². The van der Waals surface area contributed by atoms with Gasteiger partial charge in [0.15, 0.2) is 5.78 Å². The lowest BCUT2D eigenvalue weighted by Crippen LogP contribution is -2.42. The molecule has 1 saturated heterocycles. The lowest BCUT2D eigenvalue weighted by atomic mass is 9.97. The predicted molar refractivity (Wildman–Crippen MR) is 101 cm³/mol. The van der Waals surface area contributed by atoms with Crippen molar-refractivity contribution in [3.63, 3.8) is 0 Å². The third-order valence-electron chi connectivity index (χ3n) is 5.16. The van der Waals surface area contributed by atoms with Gasteiger partial charge in [0.25, 0.3) is 0 Å². The summed E-state index contributed by atoms with van der Waals surface area (Å²) in [4.78, 5) is 26.8. The van der Waals surface area contributed by atoms with Gasteiger partial charge in [-0.25, -0.2) is 8.42 Å². The van der Waals surface area contributed by atoms with Gasteiger partial charge in [-0.1, -0.05) is 30.3 Å². The summed E-state index contributed by atoms with van der Waals surface area (Å²) in [6.45, 7) is 1.11. The van der Waals surface area contributed by atoms with E-state index < -0.39 is 9.84 Å². The summed E-state index contributed by atoms with van der Waals surface area (Å²) >= 11 is 0. The normalized spacial score (nSPS) is 21.3. The van der Waals surface area contributed by atoms with Crippen LogP contribution in [0.5, 0.6) is 0 Å². The molecule has 0 saturated carbocycles. The van der Waals surface area contributed by atoms with Gasteiger partial charge in [-0.3, -0.25) is 9.59 Å². The molecule has 140 valence electrons. The first-order valence-corrected chi connectivity index (χ1v) is 11.2. The maximum absolute atomic E-state index is 12.8. The topological polar surface area (TPSA) is 71.5 Å². The van der Waals surface area contributed by atoms with Gasteiger partial charge >= 0.3 is 0 Å². The molecule has 1 aromatic carbocycles. The molecule has 0 radical (unpaired) electrons. The Labute approximate surface area is 155 Å². The third kappa shape index (κ3) is 4.61. The van der Waals surface area contributed by atoms with Crippen molar-refractivity contribution in [3.8, 4) is 0 Å². The minimum Gasteiger partial charge on any atom is -0.342 e. The first-order valence-electron chi connectivity index (χ1n) is 9.09. The van der Waals surface area contributed by atoms with Crippen LogP contribution in [0.3, 0.4) is 0 Å². The Morgan fingerprint density at radius 1 is 1.19 bits per heavy atom. The molecule has 26 heavy (non-hydrogen) atoms. The van der Waals surface area contributed by atoms with Crippen LogP contribution in [0.2, 0.25) is 0 Å². The zero-order valence-electron chi connectivity index (χ0n) is 15.1. The van der Waals surface area contributed by atoms with Crippen molar-refractivity contribution in [2.45, 2.75) is 32.1 Å². The molecule has 0 bridgehead atoms. The SMILES string of the molecule is CS(=O)(=O)C[C@H]1CCCN(C(=O)CC2=C(c3ccccc3)CCC2=O)C1. The van der Waals surface area contributed by atoms with Crippen molar-refractivity contribution in [1.29, 1.82) is 0 Å². The Balaban J connectivity index is 1.73. The molecule has 1 aliphatic heterocycles. The number of benzene rings is 1. The number of hydrogen-bond donors (Lipinski definition) is 0. The number of carbonyl (C=O) groups is 2. The fraction of sp³-hybridized carbons (Fsp3) is 0.500. The van der Waals surface area contributed by atoms with Crippen LogP contribution in [0, 0.1) is 5.92 Å². The quantitative estimate of drug-likeness (QED) is 0.793. The van der Waals surface area contributed by atoms with E-state index in [1.165, 1.54) is 6.26 Å². The third-order valence-corrected chi connectivity index (χ3v) is 6.24. The molecule has 0 unspecified atom stereocenters. The van der Waals surface area contributed by atoms with Crippen LogP contribution in [-0.2, 0) is 19.4 Å². The van der Waals surface area contributed by atoms with E-state index in [9.17, 15) is 18.0 Å². The molecular formula is C20H25NO4S. The number of rotatable bonds is 5. The summed E-state index contributed by atoms with van der Waals surface area (Å²) in [6, 6.07) is 9.75. The summed E-state index contributed by atoms with van der Waals surface area (Å²) < 4.78 is 23.1. The van der Waals surface area contributed by atoms with Crippen LogP contribution in [0.25, 0.3) is 5.57 Å². The van der Waals surface area contributed by atoms with E-state index in [-0.39, 0.29) is 29.8 Å². The molecule has 0 spiro atoms. The second-order valence-electron chi connectivity index (χ2n) is 7.36. The van der Waals surface area contributed by atoms with Crippen LogP contribution in [-0.4, -0.2) is 50.1 Å². The molecule has 0 aromatic heterocycles. The number of ketones is 1. The highest BCUT2D eigenvalue weighted by Gasteiger charge is 2.30. The average Bonchev–Trinajstić information content (AvgIpc) is 2.95. The van der Waals surface area contributed by atoms with Gasteiger partial charge in [0.1, 0.15) is 9.84 Å². The minimum absolute atomic E-state index is 0.00967. The minimum atomic E-state index is -3.05.